The minimum absolute atomic E-state index is 0.0490. The van der Waals surface area contributed by atoms with Gasteiger partial charge in [0.2, 0.25) is 11.7 Å². The molecule has 1 aliphatic rings. The molecule has 1 aliphatic heterocycles. The fourth-order valence-corrected chi connectivity index (χ4v) is 3.17. The maximum atomic E-state index is 13.5. The Labute approximate surface area is 178 Å². The zero-order valence-electron chi connectivity index (χ0n) is 16.6. The summed E-state index contributed by atoms with van der Waals surface area (Å²) in [4.78, 5) is 29.4. The van der Waals surface area contributed by atoms with E-state index in [0.29, 0.717) is 34.7 Å². The second-order valence-corrected chi connectivity index (χ2v) is 6.84. The summed E-state index contributed by atoms with van der Waals surface area (Å²) in [6.07, 6.45) is 3.53. The molecule has 1 amide bonds. The molecular formula is C25H17FN2O3. The van der Waals surface area contributed by atoms with Crippen molar-refractivity contribution in [2.75, 3.05) is 12.4 Å². The Hall–Kier alpha value is -4.24. The number of halogens is 1. The number of fused-ring (bicyclic) bond motifs is 1. The van der Waals surface area contributed by atoms with Gasteiger partial charge in [-0.15, -0.1) is 0 Å². The first-order valence-corrected chi connectivity index (χ1v) is 9.48. The van der Waals surface area contributed by atoms with Crippen molar-refractivity contribution in [1.82, 2.24) is 4.98 Å². The molecule has 3 aromatic rings. The van der Waals surface area contributed by atoms with E-state index in [1.165, 1.54) is 24.3 Å². The fraction of sp³-hybridized carbons (Fsp3) is 0.0800. The quantitative estimate of drug-likeness (QED) is 0.401. The second kappa shape index (κ2) is 8.64. The van der Waals surface area contributed by atoms with Crippen LogP contribution in [0.4, 0.5) is 10.1 Å². The molecular weight excluding hydrogens is 395 g/mol. The average Bonchev–Trinajstić information content (AvgIpc) is 2.77. The molecule has 0 radical (unpaired) electrons. The van der Waals surface area contributed by atoms with Crippen molar-refractivity contribution >= 4 is 23.5 Å². The number of carbonyl (C=O) groups excluding carboxylic acids is 2. The van der Waals surface area contributed by atoms with Crippen LogP contribution >= 0.6 is 0 Å². The Kier molecular flexibility index (Phi) is 5.59. The van der Waals surface area contributed by atoms with E-state index in [-0.39, 0.29) is 5.57 Å². The highest BCUT2D eigenvalue weighted by molar-refractivity contribution is 6.36. The van der Waals surface area contributed by atoms with Crippen LogP contribution in [0.3, 0.4) is 0 Å². The number of Topliss-reactive ketones (excluding diaryl/α,β-unsaturated/α-hetero) is 1. The summed E-state index contributed by atoms with van der Waals surface area (Å²) in [6.45, 7) is 0. The van der Waals surface area contributed by atoms with Crippen LogP contribution in [0.15, 0.2) is 66.4 Å². The third-order valence-electron chi connectivity index (χ3n) is 4.69. The highest BCUT2D eigenvalue weighted by Gasteiger charge is 2.28. The smallest absolute Gasteiger partial charge is 0.259 e. The van der Waals surface area contributed by atoms with Gasteiger partial charge in [0.1, 0.15) is 5.82 Å². The average molecular weight is 412 g/mol. The molecule has 0 saturated carbocycles. The Morgan fingerprint density at radius 3 is 2.81 bits per heavy atom. The van der Waals surface area contributed by atoms with E-state index >= 15 is 0 Å². The molecule has 0 fully saturated rings. The predicted molar refractivity (Wildman–Crippen MR) is 115 cm³/mol. The number of amides is 1. The van der Waals surface area contributed by atoms with Gasteiger partial charge >= 0.3 is 0 Å². The molecule has 0 saturated heterocycles. The fourth-order valence-electron chi connectivity index (χ4n) is 3.17. The number of pyridine rings is 1. The Morgan fingerprint density at radius 2 is 2.00 bits per heavy atom. The summed E-state index contributed by atoms with van der Waals surface area (Å²) in [5.41, 5.74) is 2.77. The lowest BCUT2D eigenvalue weighted by atomic mass is 9.93. The van der Waals surface area contributed by atoms with Crippen LogP contribution in [-0.2, 0) is 11.2 Å². The van der Waals surface area contributed by atoms with Gasteiger partial charge < -0.3 is 10.1 Å². The number of aromatic nitrogens is 1. The van der Waals surface area contributed by atoms with Crippen molar-refractivity contribution in [3.8, 4) is 17.7 Å². The summed E-state index contributed by atoms with van der Waals surface area (Å²) in [6, 6.07) is 14.4. The number of anilines is 1. The molecule has 1 N–H and O–H groups in total. The number of carbonyl (C=O) groups is 2. The van der Waals surface area contributed by atoms with Gasteiger partial charge in [0.25, 0.3) is 5.91 Å². The third-order valence-corrected chi connectivity index (χ3v) is 4.69. The summed E-state index contributed by atoms with van der Waals surface area (Å²) in [7, 11) is 1.55. The molecule has 2 heterocycles. The lowest BCUT2D eigenvalue weighted by Crippen LogP contribution is -2.27. The number of nitrogens with zero attached hydrogens (tertiary/aromatic N) is 1. The number of benzene rings is 2. The van der Waals surface area contributed by atoms with Gasteiger partial charge in [-0.1, -0.05) is 24.0 Å². The first-order valence-electron chi connectivity index (χ1n) is 9.48. The van der Waals surface area contributed by atoms with Crippen LogP contribution in [0.1, 0.15) is 27.0 Å². The van der Waals surface area contributed by atoms with E-state index in [9.17, 15) is 14.0 Å². The van der Waals surface area contributed by atoms with E-state index in [4.69, 9.17) is 4.74 Å². The summed E-state index contributed by atoms with van der Waals surface area (Å²) in [5, 5.41) is 2.71. The first kappa shape index (κ1) is 20.0. The lowest BCUT2D eigenvalue weighted by Gasteiger charge is -2.18. The summed E-state index contributed by atoms with van der Waals surface area (Å²) < 4.78 is 18.6. The normalized spacial score (nSPS) is 13.8. The van der Waals surface area contributed by atoms with E-state index in [1.807, 2.05) is 12.1 Å². The van der Waals surface area contributed by atoms with Crippen LogP contribution < -0.4 is 10.1 Å². The monoisotopic (exact) mass is 412 g/mol. The van der Waals surface area contributed by atoms with Crippen molar-refractivity contribution in [2.24, 2.45) is 0 Å². The first-order chi connectivity index (χ1) is 15.0. The minimum Gasteiger partial charge on any atom is -0.481 e. The van der Waals surface area contributed by atoms with E-state index < -0.39 is 17.5 Å². The molecule has 31 heavy (non-hydrogen) atoms. The predicted octanol–water partition coefficient (Wildman–Crippen LogP) is 4.04. The molecule has 4 rings (SSSR count). The number of methoxy groups -OCH3 is 1. The molecule has 0 unspecified atom stereocenters. The molecule has 2 aromatic carbocycles. The van der Waals surface area contributed by atoms with E-state index in [0.717, 1.165) is 5.56 Å². The molecule has 152 valence electrons. The Bertz CT molecular complexity index is 1290. The maximum Gasteiger partial charge on any atom is 0.259 e. The molecule has 0 aliphatic carbocycles. The standard InChI is InChI=1S/C25H17FN2O3/c1-31-23-15-17(10-11-27-23)5-2-4-16-8-9-22-20(13-16)24(29)21(25(30)28-22)14-18-6-3-7-19(26)12-18/h3,6-15H,5H2,1H3,(H,28,30)/b21-14+. The van der Waals surface area contributed by atoms with Gasteiger partial charge in [0.05, 0.1) is 18.4 Å². The molecule has 0 spiro atoms. The van der Waals surface area contributed by atoms with Crippen LogP contribution in [0, 0.1) is 17.7 Å². The van der Waals surface area contributed by atoms with Crippen LogP contribution in [0.5, 0.6) is 5.88 Å². The highest BCUT2D eigenvalue weighted by atomic mass is 19.1. The van der Waals surface area contributed by atoms with Gasteiger partial charge in [-0.25, -0.2) is 9.37 Å². The lowest BCUT2D eigenvalue weighted by molar-refractivity contribution is -0.112. The highest BCUT2D eigenvalue weighted by Crippen LogP contribution is 2.27. The van der Waals surface area contributed by atoms with Gasteiger partial charge in [0.15, 0.2) is 0 Å². The number of hydrogen-bond acceptors (Lipinski definition) is 4. The Morgan fingerprint density at radius 1 is 1.13 bits per heavy atom. The van der Waals surface area contributed by atoms with Gasteiger partial charge in [-0.2, -0.15) is 0 Å². The number of hydrogen-bond donors (Lipinski definition) is 1. The van der Waals surface area contributed by atoms with Crippen molar-refractivity contribution in [3.63, 3.8) is 0 Å². The second-order valence-electron chi connectivity index (χ2n) is 6.84. The van der Waals surface area contributed by atoms with E-state index in [2.05, 4.69) is 22.1 Å². The van der Waals surface area contributed by atoms with Gasteiger partial charge in [-0.05, 0) is 53.6 Å². The van der Waals surface area contributed by atoms with Crippen LogP contribution in [0.2, 0.25) is 0 Å². The number of ether oxygens (including phenoxy) is 1. The molecule has 1 aromatic heterocycles. The third kappa shape index (κ3) is 4.51. The van der Waals surface area contributed by atoms with Crippen LogP contribution in [-0.4, -0.2) is 23.8 Å². The zero-order valence-corrected chi connectivity index (χ0v) is 16.6. The molecule has 5 nitrogen and oxygen atoms in total. The van der Waals surface area contributed by atoms with Crippen molar-refractivity contribution < 1.29 is 18.7 Å². The Balaban J connectivity index is 1.59. The molecule has 0 bridgehead atoms. The molecule has 6 heteroatoms. The summed E-state index contributed by atoms with van der Waals surface area (Å²) >= 11 is 0. The molecule has 0 atom stereocenters. The van der Waals surface area contributed by atoms with Crippen molar-refractivity contribution in [3.05, 3.63) is 94.4 Å². The zero-order chi connectivity index (χ0) is 21.8. The minimum atomic E-state index is -0.521. The van der Waals surface area contributed by atoms with Gasteiger partial charge in [0, 0.05) is 29.8 Å². The van der Waals surface area contributed by atoms with Crippen LogP contribution in [0.25, 0.3) is 6.08 Å². The summed E-state index contributed by atoms with van der Waals surface area (Å²) in [5.74, 6) is 5.24. The van der Waals surface area contributed by atoms with Gasteiger partial charge in [-0.3, -0.25) is 9.59 Å². The van der Waals surface area contributed by atoms with E-state index in [1.54, 1.807) is 37.6 Å². The number of nitrogens with one attached hydrogen (secondary N) is 1. The number of ketones is 1. The number of rotatable bonds is 3. The maximum absolute atomic E-state index is 13.5. The SMILES string of the molecule is COc1cc(CC#Cc2ccc3c(c2)C(=O)/C(=C\c2cccc(F)c2)C(=O)N3)ccn1. The largest absolute Gasteiger partial charge is 0.481 e. The van der Waals surface area contributed by atoms with Crippen molar-refractivity contribution in [2.45, 2.75) is 6.42 Å². The topological polar surface area (TPSA) is 68.3 Å². The van der Waals surface area contributed by atoms with Crippen molar-refractivity contribution in [1.29, 1.82) is 0 Å².